The summed E-state index contributed by atoms with van der Waals surface area (Å²) in [5.41, 5.74) is 2.65. The Morgan fingerprint density at radius 3 is 2.54 bits per heavy atom. The van der Waals surface area contributed by atoms with Crippen LogP contribution in [-0.2, 0) is 7.05 Å². The van der Waals surface area contributed by atoms with Crippen LogP contribution in [0.4, 0.5) is 0 Å². The normalized spacial score (nSPS) is 11.1. The molecule has 2 heterocycles. The Bertz CT molecular complexity index is 474. The summed E-state index contributed by atoms with van der Waals surface area (Å²) in [5, 5.41) is 0. The van der Waals surface area contributed by atoms with Crippen molar-refractivity contribution >= 4 is 27.1 Å². The van der Waals surface area contributed by atoms with Crippen LogP contribution in [0.1, 0.15) is 11.5 Å². The molecule has 0 aliphatic carbocycles. The lowest BCUT2D eigenvalue weighted by atomic mass is 10.4. The van der Waals surface area contributed by atoms with Gasteiger partial charge in [-0.2, -0.15) is 0 Å². The second kappa shape index (κ2) is 2.77. The van der Waals surface area contributed by atoms with Gasteiger partial charge >= 0.3 is 0 Å². The molecule has 0 saturated carbocycles. The van der Waals surface area contributed by atoms with E-state index in [-0.39, 0.29) is 0 Å². The van der Waals surface area contributed by atoms with Crippen LogP contribution in [0.15, 0.2) is 4.73 Å². The monoisotopic (exact) mass is 240 g/mol. The van der Waals surface area contributed by atoms with E-state index < -0.39 is 0 Å². The van der Waals surface area contributed by atoms with Gasteiger partial charge in [-0.3, -0.25) is 0 Å². The fraction of sp³-hybridized carbons (Fsp3) is 0.375. The van der Waals surface area contributed by atoms with Crippen LogP contribution in [0, 0.1) is 13.8 Å². The summed E-state index contributed by atoms with van der Waals surface area (Å²) < 4.78 is 2.56. The first-order valence-electron chi connectivity index (χ1n) is 3.93. The quantitative estimate of drug-likeness (QED) is 0.660. The Kier molecular flexibility index (Phi) is 1.83. The van der Waals surface area contributed by atoms with Crippen molar-refractivity contribution in [3.63, 3.8) is 0 Å². The molecule has 0 saturated heterocycles. The number of hydrogen-bond donors (Lipinski definition) is 0. The van der Waals surface area contributed by atoms with E-state index in [2.05, 4.69) is 30.9 Å². The van der Waals surface area contributed by atoms with Crippen molar-refractivity contribution < 1.29 is 0 Å². The van der Waals surface area contributed by atoms with E-state index in [0.29, 0.717) is 4.73 Å². The van der Waals surface area contributed by atoms with Gasteiger partial charge in [0, 0.05) is 7.05 Å². The summed E-state index contributed by atoms with van der Waals surface area (Å²) in [4.78, 5) is 12.8. The highest BCUT2D eigenvalue weighted by molar-refractivity contribution is 9.10. The Balaban J connectivity index is 2.94. The van der Waals surface area contributed by atoms with Gasteiger partial charge in [0.05, 0.1) is 5.69 Å². The van der Waals surface area contributed by atoms with E-state index in [4.69, 9.17) is 0 Å². The molecule has 0 fully saturated rings. The lowest BCUT2D eigenvalue weighted by Crippen LogP contribution is -1.94. The summed E-state index contributed by atoms with van der Waals surface area (Å²) in [6, 6.07) is 0. The zero-order valence-corrected chi connectivity index (χ0v) is 9.25. The summed E-state index contributed by atoms with van der Waals surface area (Å²) in [7, 11) is 1.95. The Morgan fingerprint density at radius 1 is 1.15 bits per heavy atom. The first-order chi connectivity index (χ1) is 6.09. The number of rotatable bonds is 0. The SMILES string of the molecule is Cc1nc(Br)nc2c1nc(C)n2C. The van der Waals surface area contributed by atoms with Crippen LogP contribution in [0.25, 0.3) is 11.2 Å². The molecule has 0 bridgehead atoms. The molecule has 0 aliphatic rings. The van der Waals surface area contributed by atoms with Crippen LogP contribution >= 0.6 is 15.9 Å². The third-order valence-corrected chi connectivity index (χ3v) is 2.44. The Labute approximate surface area is 84.2 Å². The van der Waals surface area contributed by atoms with Crippen molar-refractivity contribution in [1.82, 2.24) is 19.5 Å². The Morgan fingerprint density at radius 2 is 1.85 bits per heavy atom. The lowest BCUT2D eigenvalue weighted by Gasteiger charge is -1.97. The molecule has 5 heteroatoms. The molecule has 68 valence electrons. The number of nitrogens with zero attached hydrogens (tertiary/aromatic N) is 4. The molecule has 0 unspecified atom stereocenters. The molecule has 13 heavy (non-hydrogen) atoms. The molecule has 0 atom stereocenters. The highest BCUT2D eigenvalue weighted by Gasteiger charge is 2.09. The summed E-state index contributed by atoms with van der Waals surface area (Å²) >= 11 is 3.26. The summed E-state index contributed by atoms with van der Waals surface area (Å²) in [6.45, 7) is 3.89. The first kappa shape index (κ1) is 8.62. The van der Waals surface area contributed by atoms with Crippen molar-refractivity contribution in [3.8, 4) is 0 Å². The standard InChI is InChI=1S/C8H9BrN4/c1-4-6-7(12-8(9)10-4)13(3)5(2)11-6/h1-3H3. The molecule has 0 amide bonds. The number of imidazole rings is 1. The maximum absolute atomic E-state index is 4.37. The molecule has 0 aliphatic heterocycles. The van der Waals surface area contributed by atoms with Gasteiger partial charge in [0.25, 0.3) is 0 Å². The van der Waals surface area contributed by atoms with Gasteiger partial charge in [0.2, 0.25) is 0 Å². The van der Waals surface area contributed by atoms with Crippen LogP contribution in [-0.4, -0.2) is 19.5 Å². The van der Waals surface area contributed by atoms with Crippen LogP contribution < -0.4 is 0 Å². The molecule has 2 aromatic rings. The van der Waals surface area contributed by atoms with Gasteiger partial charge in [-0.1, -0.05) is 0 Å². The van der Waals surface area contributed by atoms with Crippen LogP contribution in [0.2, 0.25) is 0 Å². The largest absolute Gasteiger partial charge is 0.316 e. The van der Waals surface area contributed by atoms with Crippen molar-refractivity contribution in [2.75, 3.05) is 0 Å². The van der Waals surface area contributed by atoms with Gasteiger partial charge < -0.3 is 4.57 Å². The van der Waals surface area contributed by atoms with Crippen molar-refractivity contribution in [3.05, 3.63) is 16.3 Å². The zero-order chi connectivity index (χ0) is 9.59. The number of aromatic nitrogens is 4. The highest BCUT2D eigenvalue weighted by Crippen LogP contribution is 2.16. The maximum atomic E-state index is 4.37. The van der Waals surface area contributed by atoms with E-state index in [1.54, 1.807) is 0 Å². The van der Waals surface area contributed by atoms with Gasteiger partial charge in [-0.25, -0.2) is 15.0 Å². The van der Waals surface area contributed by atoms with E-state index in [1.807, 2.05) is 25.5 Å². The second-order valence-corrected chi connectivity index (χ2v) is 3.68. The number of fused-ring (bicyclic) bond motifs is 1. The van der Waals surface area contributed by atoms with Crippen LogP contribution in [0.5, 0.6) is 0 Å². The summed E-state index contributed by atoms with van der Waals surface area (Å²) in [6.07, 6.45) is 0. The van der Waals surface area contributed by atoms with Gasteiger partial charge in [0.1, 0.15) is 11.3 Å². The molecule has 2 rings (SSSR count). The molecule has 0 radical (unpaired) electrons. The highest BCUT2D eigenvalue weighted by atomic mass is 79.9. The maximum Gasteiger partial charge on any atom is 0.198 e. The zero-order valence-electron chi connectivity index (χ0n) is 7.67. The van der Waals surface area contributed by atoms with E-state index in [1.165, 1.54) is 0 Å². The number of hydrogen-bond acceptors (Lipinski definition) is 3. The van der Waals surface area contributed by atoms with E-state index in [0.717, 1.165) is 22.7 Å². The van der Waals surface area contributed by atoms with Gasteiger partial charge in [-0.15, -0.1) is 0 Å². The topological polar surface area (TPSA) is 43.6 Å². The minimum atomic E-state index is 0.612. The second-order valence-electron chi connectivity index (χ2n) is 2.97. The first-order valence-corrected chi connectivity index (χ1v) is 4.72. The summed E-state index contributed by atoms with van der Waals surface area (Å²) in [5.74, 6) is 0.950. The smallest absolute Gasteiger partial charge is 0.198 e. The van der Waals surface area contributed by atoms with Crippen molar-refractivity contribution in [2.45, 2.75) is 13.8 Å². The predicted molar refractivity (Wildman–Crippen MR) is 53.5 cm³/mol. The number of halogens is 1. The van der Waals surface area contributed by atoms with E-state index in [9.17, 15) is 0 Å². The fourth-order valence-corrected chi connectivity index (χ4v) is 1.71. The molecule has 0 spiro atoms. The molecule has 0 N–H and O–H groups in total. The lowest BCUT2D eigenvalue weighted by molar-refractivity contribution is 0.870. The number of aryl methyl sites for hydroxylation is 3. The Hall–Kier alpha value is -0.970. The average Bonchev–Trinajstić information content (AvgIpc) is 2.32. The van der Waals surface area contributed by atoms with Crippen molar-refractivity contribution in [1.29, 1.82) is 0 Å². The molecule has 4 nitrogen and oxygen atoms in total. The minimum absolute atomic E-state index is 0.612. The van der Waals surface area contributed by atoms with Crippen molar-refractivity contribution in [2.24, 2.45) is 7.05 Å². The van der Waals surface area contributed by atoms with Gasteiger partial charge in [0.15, 0.2) is 10.4 Å². The average molecular weight is 241 g/mol. The molecule has 0 aromatic carbocycles. The minimum Gasteiger partial charge on any atom is -0.316 e. The molecule has 2 aromatic heterocycles. The molecular formula is C8H9BrN4. The van der Waals surface area contributed by atoms with E-state index >= 15 is 0 Å². The predicted octanol–water partition coefficient (Wildman–Crippen LogP) is 1.74. The fourth-order valence-electron chi connectivity index (χ4n) is 1.27. The third kappa shape index (κ3) is 1.23. The van der Waals surface area contributed by atoms with Crippen LogP contribution in [0.3, 0.4) is 0 Å². The van der Waals surface area contributed by atoms with Gasteiger partial charge in [-0.05, 0) is 29.8 Å². The third-order valence-electron chi connectivity index (χ3n) is 2.09. The molecular weight excluding hydrogens is 232 g/mol.